The van der Waals surface area contributed by atoms with Crippen molar-refractivity contribution >= 4 is 5.91 Å². The number of fused-ring (bicyclic) bond motifs is 3. The number of aryl methyl sites for hydroxylation is 2. The van der Waals surface area contributed by atoms with Crippen LogP contribution < -0.4 is 5.32 Å². The second kappa shape index (κ2) is 3.70. The van der Waals surface area contributed by atoms with Crippen LogP contribution in [0.25, 0.3) is 11.1 Å². The summed E-state index contributed by atoms with van der Waals surface area (Å²) in [4.78, 5) is 12.2. The number of nitrogens with zero attached hydrogens (tertiary/aromatic N) is 1. The molecule has 1 aromatic heterocycles. The van der Waals surface area contributed by atoms with Crippen LogP contribution in [0, 0.1) is 13.8 Å². The van der Waals surface area contributed by atoms with Gasteiger partial charge in [-0.2, -0.15) is 0 Å². The number of hydrogen-bond donors (Lipinski definition) is 1. The minimum atomic E-state index is -0.165. The van der Waals surface area contributed by atoms with E-state index < -0.39 is 0 Å². The Morgan fingerprint density at radius 3 is 2.83 bits per heavy atom. The van der Waals surface area contributed by atoms with Crippen molar-refractivity contribution < 1.29 is 9.32 Å². The molecule has 0 radical (unpaired) electrons. The molecule has 0 saturated carbocycles. The van der Waals surface area contributed by atoms with Crippen molar-refractivity contribution in [2.75, 3.05) is 0 Å². The summed E-state index contributed by atoms with van der Waals surface area (Å²) < 4.78 is 5.35. The highest BCUT2D eigenvalue weighted by Crippen LogP contribution is 2.36. The molecule has 92 valence electrons. The summed E-state index contributed by atoms with van der Waals surface area (Å²) in [6.45, 7) is 5.78. The van der Waals surface area contributed by atoms with Crippen molar-refractivity contribution in [2.24, 2.45) is 0 Å². The van der Waals surface area contributed by atoms with E-state index in [0.717, 1.165) is 28.1 Å². The van der Waals surface area contributed by atoms with Gasteiger partial charge in [0, 0.05) is 5.56 Å². The first-order chi connectivity index (χ1) is 8.58. The molecule has 0 fully saturated rings. The topological polar surface area (TPSA) is 55.1 Å². The molecule has 18 heavy (non-hydrogen) atoms. The first kappa shape index (κ1) is 11.0. The third-order valence-electron chi connectivity index (χ3n) is 3.32. The van der Waals surface area contributed by atoms with Crippen molar-refractivity contribution in [3.8, 4) is 11.1 Å². The molecule has 0 spiro atoms. The molecule has 2 heterocycles. The Hall–Kier alpha value is -2.10. The van der Waals surface area contributed by atoms with Crippen molar-refractivity contribution in [3.05, 3.63) is 40.8 Å². The minimum Gasteiger partial charge on any atom is -0.358 e. The summed E-state index contributed by atoms with van der Waals surface area (Å²) >= 11 is 0. The Bertz CT molecular complexity index is 643. The van der Waals surface area contributed by atoms with E-state index in [9.17, 15) is 4.79 Å². The molecule has 2 aromatic rings. The van der Waals surface area contributed by atoms with Crippen molar-refractivity contribution in [2.45, 2.75) is 26.8 Å². The highest BCUT2D eigenvalue weighted by atomic mass is 16.5. The summed E-state index contributed by atoms with van der Waals surface area (Å²) in [6, 6.07) is 5.70. The standard InChI is InChI=1S/C14H14N2O2/c1-7-4-5-10-11(6-7)14(17)15-9(3)13-12(10)8(2)16-18-13/h4-6,9H,1-3H3,(H,15,17)/t9-/m0/s1. The number of hydrogen-bond acceptors (Lipinski definition) is 3. The molecule has 1 aromatic carbocycles. The average molecular weight is 242 g/mol. The number of carbonyl (C=O) groups is 1. The van der Waals surface area contributed by atoms with E-state index >= 15 is 0 Å². The van der Waals surface area contributed by atoms with Gasteiger partial charge in [0.25, 0.3) is 5.91 Å². The zero-order chi connectivity index (χ0) is 12.9. The van der Waals surface area contributed by atoms with Crippen molar-refractivity contribution in [1.29, 1.82) is 0 Å². The highest BCUT2D eigenvalue weighted by Gasteiger charge is 2.29. The van der Waals surface area contributed by atoms with Gasteiger partial charge in [0.15, 0.2) is 5.76 Å². The van der Waals surface area contributed by atoms with Crippen molar-refractivity contribution in [1.82, 2.24) is 10.5 Å². The van der Waals surface area contributed by atoms with Gasteiger partial charge in [0.05, 0.1) is 17.3 Å². The number of carbonyl (C=O) groups excluding carboxylic acids is 1. The van der Waals surface area contributed by atoms with Gasteiger partial charge >= 0.3 is 0 Å². The fourth-order valence-corrected chi connectivity index (χ4v) is 2.41. The Morgan fingerprint density at radius 2 is 2.06 bits per heavy atom. The number of rotatable bonds is 0. The molecular weight excluding hydrogens is 228 g/mol. The van der Waals surface area contributed by atoms with Gasteiger partial charge in [-0.25, -0.2) is 0 Å². The van der Waals surface area contributed by atoms with Crippen LogP contribution in [-0.2, 0) is 0 Å². The molecule has 1 amide bonds. The predicted molar refractivity (Wildman–Crippen MR) is 67.3 cm³/mol. The van der Waals surface area contributed by atoms with E-state index in [4.69, 9.17) is 4.52 Å². The molecule has 1 aliphatic heterocycles. The summed E-state index contributed by atoms with van der Waals surface area (Å²) in [5.74, 6) is 0.662. The third kappa shape index (κ3) is 1.45. The lowest BCUT2D eigenvalue weighted by Gasteiger charge is -2.08. The summed E-state index contributed by atoms with van der Waals surface area (Å²) in [6.07, 6.45) is 0. The van der Waals surface area contributed by atoms with Gasteiger partial charge < -0.3 is 9.84 Å². The van der Waals surface area contributed by atoms with E-state index in [1.165, 1.54) is 0 Å². The van der Waals surface area contributed by atoms with E-state index in [1.807, 2.05) is 39.0 Å². The lowest BCUT2D eigenvalue weighted by Crippen LogP contribution is -2.25. The summed E-state index contributed by atoms with van der Waals surface area (Å²) in [5.41, 5.74) is 4.41. The Labute approximate surface area is 105 Å². The van der Waals surface area contributed by atoms with Crippen LogP contribution in [0.4, 0.5) is 0 Å². The number of benzene rings is 1. The number of nitrogens with one attached hydrogen (secondary N) is 1. The Morgan fingerprint density at radius 1 is 1.28 bits per heavy atom. The quantitative estimate of drug-likeness (QED) is 0.772. The molecule has 0 bridgehead atoms. The van der Waals surface area contributed by atoms with E-state index in [0.29, 0.717) is 5.56 Å². The summed E-state index contributed by atoms with van der Waals surface area (Å²) in [7, 11) is 0. The van der Waals surface area contributed by atoms with Crippen LogP contribution in [0.3, 0.4) is 0 Å². The summed E-state index contributed by atoms with van der Waals surface area (Å²) in [5, 5.41) is 6.93. The van der Waals surface area contributed by atoms with Gasteiger partial charge in [-0.05, 0) is 32.4 Å². The van der Waals surface area contributed by atoms with Gasteiger partial charge in [0.1, 0.15) is 0 Å². The molecule has 4 nitrogen and oxygen atoms in total. The maximum absolute atomic E-state index is 12.2. The average Bonchev–Trinajstić information content (AvgIpc) is 2.66. The van der Waals surface area contributed by atoms with Crippen LogP contribution in [0.2, 0.25) is 0 Å². The molecule has 0 aliphatic carbocycles. The molecule has 0 saturated heterocycles. The lowest BCUT2D eigenvalue weighted by molar-refractivity contribution is 0.0936. The van der Waals surface area contributed by atoms with E-state index in [-0.39, 0.29) is 11.9 Å². The first-order valence-electron chi connectivity index (χ1n) is 5.96. The zero-order valence-corrected chi connectivity index (χ0v) is 10.6. The zero-order valence-electron chi connectivity index (χ0n) is 10.6. The smallest absolute Gasteiger partial charge is 0.252 e. The molecule has 1 N–H and O–H groups in total. The molecule has 1 aliphatic rings. The molecule has 3 rings (SSSR count). The van der Waals surface area contributed by atoms with Gasteiger partial charge in [-0.3, -0.25) is 4.79 Å². The van der Waals surface area contributed by atoms with E-state index in [2.05, 4.69) is 10.5 Å². The normalized spacial score (nSPS) is 17.7. The van der Waals surface area contributed by atoms with Crippen LogP contribution in [-0.4, -0.2) is 11.1 Å². The van der Waals surface area contributed by atoms with Crippen molar-refractivity contribution in [3.63, 3.8) is 0 Å². The number of amides is 1. The van der Waals surface area contributed by atoms with Gasteiger partial charge in [0.2, 0.25) is 0 Å². The Balaban J connectivity index is 2.35. The monoisotopic (exact) mass is 242 g/mol. The highest BCUT2D eigenvalue weighted by molar-refractivity contribution is 6.03. The van der Waals surface area contributed by atoms with Gasteiger partial charge in [-0.15, -0.1) is 0 Å². The first-order valence-corrected chi connectivity index (χ1v) is 5.96. The van der Waals surface area contributed by atoms with Crippen LogP contribution in [0.1, 0.15) is 40.3 Å². The minimum absolute atomic E-state index is 0.0630. The maximum atomic E-state index is 12.2. The SMILES string of the molecule is Cc1ccc2c(c1)C(=O)N[C@@H](C)c1onc(C)c1-2. The maximum Gasteiger partial charge on any atom is 0.252 e. The fraction of sp³-hybridized carbons (Fsp3) is 0.286. The van der Waals surface area contributed by atoms with Crippen LogP contribution in [0.15, 0.2) is 22.7 Å². The predicted octanol–water partition coefficient (Wildman–Crippen LogP) is 2.76. The van der Waals surface area contributed by atoms with Crippen LogP contribution in [0.5, 0.6) is 0 Å². The second-order valence-corrected chi connectivity index (χ2v) is 4.75. The van der Waals surface area contributed by atoms with Crippen LogP contribution >= 0.6 is 0 Å². The molecule has 4 heteroatoms. The largest absolute Gasteiger partial charge is 0.358 e. The molecular formula is C14H14N2O2. The second-order valence-electron chi connectivity index (χ2n) is 4.75. The number of aromatic nitrogens is 1. The fourth-order valence-electron chi connectivity index (χ4n) is 2.41. The lowest BCUT2D eigenvalue weighted by atomic mass is 9.96. The van der Waals surface area contributed by atoms with E-state index in [1.54, 1.807) is 0 Å². The Kier molecular flexibility index (Phi) is 2.26. The molecule has 1 atom stereocenters. The van der Waals surface area contributed by atoms with Gasteiger partial charge in [-0.1, -0.05) is 22.9 Å². The third-order valence-corrected chi connectivity index (χ3v) is 3.32. The molecule has 0 unspecified atom stereocenters.